The van der Waals surface area contributed by atoms with Crippen molar-refractivity contribution in [3.05, 3.63) is 79.1 Å². The maximum atomic E-state index is 12.8. The molecule has 3 aromatic rings. The first-order valence-electron chi connectivity index (χ1n) is 8.58. The number of hydrogen-bond acceptors (Lipinski definition) is 6. The number of carbonyl (C=O) groups is 1. The van der Waals surface area contributed by atoms with Gasteiger partial charge in [0.15, 0.2) is 6.61 Å². The Balaban J connectivity index is 1.72. The highest BCUT2D eigenvalue weighted by molar-refractivity contribution is 7.92. The first-order chi connectivity index (χ1) is 14.0. The second-order valence-electron chi connectivity index (χ2n) is 5.80. The number of aromatic nitrogens is 1. The summed E-state index contributed by atoms with van der Waals surface area (Å²) >= 11 is 0. The molecule has 1 N–H and O–H groups in total. The molecule has 0 bridgehead atoms. The zero-order valence-electron chi connectivity index (χ0n) is 15.6. The van der Waals surface area contributed by atoms with Crippen molar-refractivity contribution in [3.8, 4) is 5.75 Å². The highest BCUT2D eigenvalue weighted by atomic mass is 32.2. The van der Waals surface area contributed by atoms with E-state index in [1.165, 1.54) is 25.3 Å². The molecule has 0 saturated carbocycles. The van der Waals surface area contributed by atoms with Crippen molar-refractivity contribution in [3.63, 3.8) is 0 Å². The summed E-state index contributed by atoms with van der Waals surface area (Å²) in [6.07, 6.45) is 3.12. The Morgan fingerprint density at radius 2 is 1.76 bits per heavy atom. The van der Waals surface area contributed by atoms with Gasteiger partial charge in [0.25, 0.3) is 15.9 Å². The van der Waals surface area contributed by atoms with Crippen LogP contribution in [0.1, 0.15) is 0 Å². The largest absolute Gasteiger partial charge is 0.484 e. The van der Waals surface area contributed by atoms with Gasteiger partial charge >= 0.3 is 0 Å². The van der Waals surface area contributed by atoms with E-state index in [1.54, 1.807) is 60.9 Å². The Morgan fingerprint density at radius 3 is 2.45 bits per heavy atom. The Morgan fingerprint density at radius 1 is 1.03 bits per heavy atom. The number of nitrogens with one attached hydrogen (secondary N) is 1. The molecule has 0 saturated heterocycles. The van der Waals surface area contributed by atoms with Crippen LogP contribution in [0, 0.1) is 0 Å². The number of ether oxygens (including phenoxy) is 1. The molecule has 150 valence electrons. The van der Waals surface area contributed by atoms with Crippen LogP contribution in [0.2, 0.25) is 0 Å². The van der Waals surface area contributed by atoms with Gasteiger partial charge in [0, 0.05) is 24.1 Å². The third-order valence-corrected chi connectivity index (χ3v) is 5.45. The fraction of sp³-hybridized carbons (Fsp3) is 0.100. The predicted molar refractivity (Wildman–Crippen MR) is 108 cm³/mol. The Bertz CT molecular complexity index is 1060. The lowest BCUT2D eigenvalue weighted by Crippen LogP contribution is -2.30. The summed E-state index contributed by atoms with van der Waals surface area (Å²) in [5.41, 5.74) is 0.838. The van der Waals surface area contributed by atoms with Crippen molar-refractivity contribution in [1.29, 1.82) is 0 Å². The Labute approximate surface area is 168 Å². The van der Waals surface area contributed by atoms with Gasteiger partial charge in [-0.05, 0) is 36.4 Å². The molecule has 2 aromatic carbocycles. The summed E-state index contributed by atoms with van der Waals surface area (Å²) in [6, 6.07) is 17.5. The van der Waals surface area contributed by atoms with Crippen molar-refractivity contribution >= 4 is 27.3 Å². The first-order valence-corrected chi connectivity index (χ1v) is 10.0. The van der Waals surface area contributed by atoms with Crippen molar-refractivity contribution in [2.75, 3.05) is 23.5 Å². The van der Waals surface area contributed by atoms with Gasteiger partial charge in [-0.1, -0.05) is 24.3 Å². The van der Waals surface area contributed by atoms with Gasteiger partial charge in [-0.3, -0.25) is 14.6 Å². The number of benzene rings is 2. The monoisotopic (exact) mass is 413 g/mol. The molecule has 0 aliphatic rings. The average Bonchev–Trinajstić information content (AvgIpc) is 2.74. The van der Waals surface area contributed by atoms with Crippen LogP contribution >= 0.6 is 0 Å². The minimum absolute atomic E-state index is 0.0879. The van der Waals surface area contributed by atoms with Crippen LogP contribution in [0.15, 0.2) is 84.0 Å². The van der Waals surface area contributed by atoms with E-state index in [2.05, 4.69) is 10.3 Å². The third kappa shape index (κ3) is 5.09. The average molecular weight is 413 g/mol. The summed E-state index contributed by atoms with van der Waals surface area (Å²) in [6.45, 7) is -0.246. The standard InChI is InChI=1S/C20H19N3O5S/c1-27-23(29(25,26)19-8-3-2-4-9-19)17-6-5-7-18(14-17)28-15-20(24)22-16-10-12-21-13-11-16/h2-14H,15H2,1H3,(H,21,22,24). The van der Waals surface area contributed by atoms with E-state index < -0.39 is 10.0 Å². The fourth-order valence-corrected chi connectivity index (χ4v) is 3.78. The molecular weight excluding hydrogens is 394 g/mol. The lowest BCUT2D eigenvalue weighted by molar-refractivity contribution is -0.118. The predicted octanol–water partition coefficient (Wildman–Crippen LogP) is 2.86. The molecule has 0 radical (unpaired) electrons. The first kappa shape index (κ1) is 20.3. The number of nitrogens with zero attached hydrogens (tertiary/aromatic N) is 2. The molecule has 0 aliphatic carbocycles. The van der Waals surface area contributed by atoms with E-state index >= 15 is 0 Å². The summed E-state index contributed by atoms with van der Waals surface area (Å²) in [5.74, 6) is -0.0419. The highest BCUT2D eigenvalue weighted by Gasteiger charge is 2.25. The maximum Gasteiger partial charge on any atom is 0.286 e. The SMILES string of the molecule is CON(c1cccc(OCC(=O)Nc2ccncc2)c1)S(=O)(=O)c1ccccc1. The van der Waals surface area contributed by atoms with Crippen LogP contribution < -0.4 is 14.5 Å². The second kappa shape index (κ2) is 9.18. The molecule has 9 heteroatoms. The van der Waals surface area contributed by atoms with Gasteiger partial charge in [-0.25, -0.2) is 0 Å². The third-order valence-electron chi connectivity index (χ3n) is 3.79. The summed E-state index contributed by atoms with van der Waals surface area (Å²) in [4.78, 5) is 21.1. The van der Waals surface area contributed by atoms with E-state index in [0.717, 1.165) is 4.47 Å². The van der Waals surface area contributed by atoms with Crippen molar-refractivity contribution < 1.29 is 22.8 Å². The Hall–Kier alpha value is -3.43. The highest BCUT2D eigenvalue weighted by Crippen LogP contribution is 2.27. The number of pyridine rings is 1. The van der Waals surface area contributed by atoms with Gasteiger partial charge in [-0.15, -0.1) is 4.47 Å². The van der Waals surface area contributed by atoms with E-state index in [-0.39, 0.29) is 23.1 Å². The topological polar surface area (TPSA) is 97.8 Å². The van der Waals surface area contributed by atoms with E-state index in [9.17, 15) is 13.2 Å². The van der Waals surface area contributed by atoms with Gasteiger partial charge in [-0.2, -0.15) is 8.42 Å². The zero-order chi connectivity index (χ0) is 20.7. The van der Waals surface area contributed by atoms with Crippen LogP contribution in [-0.2, 0) is 19.7 Å². The number of rotatable bonds is 8. The molecular formula is C20H19N3O5S. The molecule has 0 atom stereocenters. The summed E-state index contributed by atoms with van der Waals surface area (Å²) in [5, 5.41) is 2.67. The summed E-state index contributed by atoms with van der Waals surface area (Å²) in [7, 11) is -2.66. The van der Waals surface area contributed by atoms with Crippen molar-refractivity contribution in [2.45, 2.75) is 4.90 Å². The van der Waals surface area contributed by atoms with Crippen LogP contribution in [0.5, 0.6) is 5.75 Å². The van der Waals surface area contributed by atoms with Crippen molar-refractivity contribution in [2.24, 2.45) is 0 Å². The molecule has 1 aromatic heterocycles. The second-order valence-corrected chi connectivity index (χ2v) is 7.55. The molecule has 0 aliphatic heterocycles. The van der Waals surface area contributed by atoms with Crippen molar-refractivity contribution in [1.82, 2.24) is 4.98 Å². The maximum absolute atomic E-state index is 12.8. The van der Waals surface area contributed by atoms with Gasteiger partial charge in [0.2, 0.25) is 0 Å². The lowest BCUT2D eigenvalue weighted by atomic mass is 10.3. The van der Waals surface area contributed by atoms with Crippen LogP contribution in [0.25, 0.3) is 0 Å². The lowest BCUT2D eigenvalue weighted by Gasteiger charge is -2.21. The molecule has 8 nitrogen and oxygen atoms in total. The molecule has 0 fully saturated rings. The van der Waals surface area contributed by atoms with Gasteiger partial charge in [0.1, 0.15) is 5.75 Å². The molecule has 1 amide bonds. The number of hydrogen-bond donors (Lipinski definition) is 1. The molecule has 1 heterocycles. The number of anilines is 2. The van der Waals surface area contributed by atoms with E-state index in [0.29, 0.717) is 11.4 Å². The van der Waals surface area contributed by atoms with Gasteiger partial charge < -0.3 is 10.1 Å². The van der Waals surface area contributed by atoms with E-state index in [4.69, 9.17) is 9.57 Å². The fourth-order valence-electron chi connectivity index (χ4n) is 2.50. The molecule has 3 rings (SSSR count). The Kier molecular flexibility index (Phi) is 6.43. The molecule has 29 heavy (non-hydrogen) atoms. The molecule has 0 spiro atoms. The van der Waals surface area contributed by atoms with Crippen LogP contribution in [0.4, 0.5) is 11.4 Å². The zero-order valence-corrected chi connectivity index (χ0v) is 16.4. The normalized spacial score (nSPS) is 10.9. The minimum atomic E-state index is -3.92. The quantitative estimate of drug-likeness (QED) is 0.570. The van der Waals surface area contributed by atoms with Crippen LogP contribution in [0.3, 0.4) is 0 Å². The number of sulfonamides is 1. The minimum Gasteiger partial charge on any atom is -0.484 e. The summed E-state index contributed by atoms with van der Waals surface area (Å²) < 4.78 is 32.0. The smallest absolute Gasteiger partial charge is 0.286 e. The van der Waals surface area contributed by atoms with Gasteiger partial charge in [0.05, 0.1) is 17.7 Å². The number of amides is 1. The van der Waals surface area contributed by atoms with Crippen LogP contribution in [-0.4, -0.2) is 33.0 Å². The van der Waals surface area contributed by atoms with E-state index in [1.807, 2.05) is 0 Å². The number of carbonyl (C=O) groups excluding carboxylic acids is 1. The molecule has 0 unspecified atom stereocenters.